The van der Waals surface area contributed by atoms with Crippen LogP contribution in [-0.4, -0.2) is 25.4 Å². The molecular formula is C12H17ClN2O4. The Hall–Kier alpha value is -1.66. The molecule has 0 radical (unpaired) electrons. The van der Waals surface area contributed by atoms with Crippen molar-refractivity contribution in [3.05, 3.63) is 12.1 Å². The van der Waals surface area contributed by atoms with Gasteiger partial charge in [0.1, 0.15) is 6.61 Å². The first kappa shape index (κ1) is 15.4. The van der Waals surface area contributed by atoms with Gasteiger partial charge in [-0.2, -0.15) is 0 Å². The van der Waals surface area contributed by atoms with Crippen LogP contribution >= 0.6 is 12.4 Å². The maximum absolute atomic E-state index is 11.6. The highest BCUT2D eigenvalue weighted by Crippen LogP contribution is 2.38. The third-order valence-electron chi connectivity index (χ3n) is 2.37. The molecule has 0 bridgehead atoms. The molecule has 0 saturated heterocycles. The van der Waals surface area contributed by atoms with Crippen LogP contribution in [0.25, 0.3) is 0 Å². The van der Waals surface area contributed by atoms with Crippen LogP contribution in [0, 0.1) is 0 Å². The van der Waals surface area contributed by atoms with E-state index in [2.05, 4.69) is 5.32 Å². The number of fused-ring (bicyclic) bond motifs is 1. The number of amides is 1. The van der Waals surface area contributed by atoms with E-state index in [0.29, 0.717) is 22.9 Å². The van der Waals surface area contributed by atoms with Crippen molar-refractivity contribution < 1.29 is 19.0 Å². The molecule has 106 valence electrons. The second-order valence-corrected chi connectivity index (χ2v) is 4.20. The summed E-state index contributed by atoms with van der Waals surface area (Å²) in [6.07, 6.45) is 0.00449. The molecule has 7 heteroatoms. The maximum atomic E-state index is 11.6. The topological polar surface area (TPSA) is 82.8 Å². The minimum atomic E-state index is -0.255. The Balaban J connectivity index is 0.00000180. The number of rotatable bonds is 4. The number of hydrogen-bond acceptors (Lipinski definition) is 5. The van der Waals surface area contributed by atoms with E-state index in [1.54, 1.807) is 12.1 Å². The Morgan fingerprint density at radius 1 is 1.42 bits per heavy atom. The molecule has 6 nitrogen and oxygen atoms in total. The van der Waals surface area contributed by atoms with Crippen LogP contribution in [0.5, 0.6) is 11.5 Å². The third-order valence-corrected chi connectivity index (χ3v) is 2.37. The second kappa shape index (κ2) is 6.49. The minimum Gasteiger partial charge on any atom is -0.454 e. The van der Waals surface area contributed by atoms with Gasteiger partial charge in [-0.3, -0.25) is 4.79 Å². The second-order valence-electron chi connectivity index (χ2n) is 4.20. The van der Waals surface area contributed by atoms with Crippen molar-refractivity contribution >= 4 is 29.7 Å². The van der Waals surface area contributed by atoms with Crippen LogP contribution in [0.3, 0.4) is 0 Å². The van der Waals surface area contributed by atoms with Crippen molar-refractivity contribution in [1.82, 2.24) is 0 Å². The summed E-state index contributed by atoms with van der Waals surface area (Å²) in [5.41, 5.74) is 6.73. The molecule has 0 saturated carbocycles. The molecule has 0 aromatic heterocycles. The number of nitrogens with two attached hydrogens (primary N) is 1. The van der Waals surface area contributed by atoms with E-state index >= 15 is 0 Å². The van der Waals surface area contributed by atoms with E-state index < -0.39 is 0 Å². The fraction of sp³-hybridized carbons (Fsp3) is 0.417. The van der Waals surface area contributed by atoms with Gasteiger partial charge in [0.05, 0.1) is 17.5 Å². The standard InChI is InChI=1S/C12H16N2O4.ClH/c1-7(2)16-5-12(15)14-9-4-11-10(3-8(9)13)17-6-18-11;/h3-4,7H,5-6,13H2,1-2H3,(H,14,15);1H. The normalized spacial score (nSPS) is 12.2. The van der Waals surface area contributed by atoms with Gasteiger partial charge in [-0.05, 0) is 13.8 Å². The Kier molecular flexibility index (Phi) is 5.26. The Morgan fingerprint density at radius 3 is 2.68 bits per heavy atom. The number of nitrogens with one attached hydrogen (secondary N) is 1. The zero-order valence-electron chi connectivity index (χ0n) is 10.8. The summed E-state index contributed by atoms with van der Waals surface area (Å²) < 4.78 is 15.6. The summed E-state index contributed by atoms with van der Waals surface area (Å²) in [5, 5.41) is 2.67. The summed E-state index contributed by atoms with van der Waals surface area (Å²) in [7, 11) is 0. The van der Waals surface area contributed by atoms with Gasteiger partial charge in [0.25, 0.3) is 0 Å². The SMILES string of the molecule is CC(C)OCC(=O)Nc1cc2c(cc1N)OCO2.Cl. The molecule has 1 aliphatic heterocycles. The van der Waals surface area contributed by atoms with Gasteiger partial charge in [0.15, 0.2) is 11.5 Å². The lowest BCUT2D eigenvalue weighted by Gasteiger charge is -2.10. The molecule has 2 rings (SSSR count). The summed E-state index contributed by atoms with van der Waals surface area (Å²) in [4.78, 5) is 11.6. The van der Waals surface area contributed by atoms with Gasteiger partial charge >= 0.3 is 0 Å². The first-order valence-electron chi connectivity index (χ1n) is 5.67. The minimum absolute atomic E-state index is 0. The summed E-state index contributed by atoms with van der Waals surface area (Å²) in [5.74, 6) is 0.905. The fourth-order valence-electron chi connectivity index (χ4n) is 1.49. The molecule has 0 atom stereocenters. The lowest BCUT2D eigenvalue weighted by Crippen LogP contribution is -2.21. The van der Waals surface area contributed by atoms with Gasteiger partial charge < -0.3 is 25.3 Å². The largest absolute Gasteiger partial charge is 0.454 e. The van der Waals surface area contributed by atoms with Gasteiger partial charge in [-0.25, -0.2) is 0 Å². The van der Waals surface area contributed by atoms with E-state index in [-0.39, 0.29) is 37.8 Å². The van der Waals surface area contributed by atoms with E-state index in [0.717, 1.165) is 0 Å². The highest BCUT2D eigenvalue weighted by molar-refractivity contribution is 5.95. The molecule has 0 spiro atoms. The van der Waals surface area contributed by atoms with Crippen LogP contribution < -0.4 is 20.5 Å². The van der Waals surface area contributed by atoms with Gasteiger partial charge in [0, 0.05) is 12.1 Å². The predicted octanol–water partition coefficient (Wildman–Crippen LogP) is 1.78. The van der Waals surface area contributed by atoms with Gasteiger partial charge in [-0.1, -0.05) is 0 Å². The summed E-state index contributed by atoms with van der Waals surface area (Å²) >= 11 is 0. The number of anilines is 2. The van der Waals surface area contributed by atoms with E-state index in [9.17, 15) is 4.79 Å². The number of hydrogen-bond donors (Lipinski definition) is 2. The molecule has 3 N–H and O–H groups in total. The molecule has 1 aliphatic rings. The number of halogens is 1. The first-order chi connectivity index (χ1) is 8.56. The Labute approximate surface area is 117 Å². The van der Waals surface area contributed by atoms with Crippen molar-refractivity contribution in [2.45, 2.75) is 20.0 Å². The van der Waals surface area contributed by atoms with Crippen LogP contribution in [-0.2, 0) is 9.53 Å². The van der Waals surface area contributed by atoms with Crippen LogP contribution in [0.4, 0.5) is 11.4 Å². The number of benzene rings is 1. The third kappa shape index (κ3) is 3.90. The molecular weight excluding hydrogens is 272 g/mol. The maximum Gasteiger partial charge on any atom is 0.250 e. The van der Waals surface area contributed by atoms with Crippen LogP contribution in [0.15, 0.2) is 12.1 Å². The molecule has 1 aromatic carbocycles. The Bertz CT molecular complexity index is 465. The highest BCUT2D eigenvalue weighted by Gasteiger charge is 2.17. The lowest BCUT2D eigenvalue weighted by atomic mass is 10.2. The van der Waals surface area contributed by atoms with Crippen molar-refractivity contribution in [3.63, 3.8) is 0 Å². The first-order valence-corrected chi connectivity index (χ1v) is 5.67. The number of carbonyl (C=O) groups is 1. The number of nitrogen functional groups attached to an aromatic ring is 1. The van der Waals surface area contributed by atoms with Crippen LogP contribution in [0.2, 0.25) is 0 Å². The lowest BCUT2D eigenvalue weighted by molar-refractivity contribution is -0.121. The summed E-state index contributed by atoms with van der Waals surface area (Å²) in [6.45, 7) is 3.89. The quantitative estimate of drug-likeness (QED) is 0.825. The monoisotopic (exact) mass is 288 g/mol. The fourth-order valence-corrected chi connectivity index (χ4v) is 1.49. The van der Waals surface area contributed by atoms with Crippen molar-refractivity contribution in [2.24, 2.45) is 0 Å². The van der Waals surface area contributed by atoms with Gasteiger partial charge in [-0.15, -0.1) is 12.4 Å². The van der Waals surface area contributed by atoms with Crippen molar-refractivity contribution in [1.29, 1.82) is 0 Å². The molecule has 0 aliphatic carbocycles. The molecule has 0 fully saturated rings. The zero-order valence-corrected chi connectivity index (χ0v) is 11.6. The van der Waals surface area contributed by atoms with E-state index in [1.165, 1.54) is 0 Å². The molecule has 1 heterocycles. The zero-order chi connectivity index (χ0) is 13.1. The number of ether oxygens (including phenoxy) is 3. The average Bonchev–Trinajstić information content (AvgIpc) is 2.74. The summed E-state index contributed by atoms with van der Waals surface area (Å²) in [6, 6.07) is 3.27. The molecule has 1 aromatic rings. The Morgan fingerprint density at radius 2 is 2.05 bits per heavy atom. The van der Waals surface area contributed by atoms with Crippen molar-refractivity contribution in [3.8, 4) is 11.5 Å². The van der Waals surface area contributed by atoms with E-state index in [4.69, 9.17) is 19.9 Å². The smallest absolute Gasteiger partial charge is 0.250 e. The predicted molar refractivity (Wildman–Crippen MR) is 73.9 cm³/mol. The van der Waals surface area contributed by atoms with Crippen molar-refractivity contribution in [2.75, 3.05) is 24.5 Å². The van der Waals surface area contributed by atoms with Gasteiger partial charge in [0.2, 0.25) is 12.7 Å². The molecule has 0 unspecified atom stereocenters. The number of carbonyl (C=O) groups excluding carboxylic acids is 1. The van der Waals surface area contributed by atoms with E-state index in [1.807, 2.05) is 13.8 Å². The van der Waals surface area contributed by atoms with Crippen LogP contribution in [0.1, 0.15) is 13.8 Å². The average molecular weight is 289 g/mol. The molecule has 1 amide bonds. The highest BCUT2D eigenvalue weighted by atomic mass is 35.5. The molecule has 19 heavy (non-hydrogen) atoms.